The van der Waals surface area contributed by atoms with Crippen LogP contribution in [0.3, 0.4) is 0 Å². The summed E-state index contributed by atoms with van der Waals surface area (Å²) in [6, 6.07) is 3.58. The van der Waals surface area contributed by atoms with Crippen molar-refractivity contribution < 1.29 is 8.42 Å². The minimum atomic E-state index is -3.29. The predicted octanol–water partition coefficient (Wildman–Crippen LogP) is 0.490. The quantitative estimate of drug-likeness (QED) is 0.861. The van der Waals surface area contributed by atoms with Crippen LogP contribution in [0.5, 0.6) is 0 Å². The van der Waals surface area contributed by atoms with Crippen LogP contribution in [0.25, 0.3) is 5.69 Å². The lowest BCUT2D eigenvalue weighted by molar-refractivity contribution is 0.571. The van der Waals surface area contributed by atoms with Crippen LogP contribution >= 0.6 is 0 Å². The molecule has 0 spiro atoms. The normalized spacial score (nSPS) is 11.9. The highest BCUT2D eigenvalue weighted by molar-refractivity contribution is 7.90. The molecule has 0 fully saturated rings. The van der Waals surface area contributed by atoms with Crippen molar-refractivity contribution >= 4 is 10.0 Å². The fraction of sp³-hybridized carbons (Fsp3) is 0.364. The van der Waals surface area contributed by atoms with E-state index >= 15 is 0 Å². The molecule has 1 N–H and O–H groups in total. The van der Waals surface area contributed by atoms with Crippen LogP contribution < -0.4 is 4.72 Å². The van der Waals surface area contributed by atoms with E-state index in [0.717, 1.165) is 5.69 Å². The van der Waals surface area contributed by atoms with Crippen LogP contribution in [0.15, 0.2) is 30.7 Å². The lowest BCUT2D eigenvalue weighted by atomic mass is 10.4. The van der Waals surface area contributed by atoms with Gasteiger partial charge in [0, 0.05) is 12.4 Å². The van der Waals surface area contributed by atoms with E-state index in [1.165, 1.54) is 0 Å². The van der Waals surface area contributed by atoms with E-state index in [0.29, 0.717) is 5.69 Å². The lowest BCUT2D eigenvalue weighted by Gasteiger charge is -2.07. The van der Waals surface area contributed by atoms with Crippen molar-refractivity contribution in [2.24, 2.45) is 0 Å². The maximum absolute atomic E-state index is 11.6. The fourth-order valence-corrected chi connectivity index (χ4v) is 2.03. The Morgan fingerprint density at radius 2 is 2.00 bits per heavy atom. The van der Waals surface area contributed by atoms with Gasteiger partial charge in [0.2, 0.25) is 10.0 Å². The zero-order valence-corrected chi connectivity index (χ0v) is 11.5. The van der Waals surface area contributed by atoms with Crippen molar-refractivity contribution in [2.75, 3.05) is 0 Å². The van der Waals surface area contributed by atoms with E-state index in [-0.39, 0.29) is 6.54 Å². The highest BCUT2D eigenvalue weighted by Crippen LogP contribution is 2.05. The van der Waals surface area contributed by atoms with E-state index in [9.17, 15) is 8.42 Å². The van der Waals surface area contributed by atoms with E-state index in [1.807, 2.05) is 0 Å². The molecule has 2 rings (SSSR count). The van der Waals surface area contributed by atoms with Gasteiger partial charge in [-0.1, -0.05) is 5.21 Å². The molecule has 2 aromatic heterocycles. The highest BCUT2D eigenvalue weighted by atomic mass is 32.2. The molecule has 0 unspecified atom stereocenters. The Kier molecular flexibility index (Phi) is 3.91. The van der Waals surface area contributed by atoms with Crippen LogP contribution in [0.2, 0.25) is 0 Å². The molecule has 0 aromatic carbocycles. The van der Waals surface area contributed by atoms with Gasteiger partial charge in [-0.2, -0.15) is 0 Å². The summed E-state index contributed by atoms with van der Waals surface area (Å²) in [5.41, 5.74) is 1.38. The van der Waals surface area contributed by atoms with Gasteiger partial charge in [0.1, 0.15) is 0 Å². The Hall–Kier alpha value is -1.80. The molecule has 2 heterocycles. The number of aromatic nitrogens is 4. The maximum atomic E-state index is 11.6. The second kappa shape index (κ2) is 5.45. The molecule has 102 valence electrons. The molecule has 2 aromatic rings. The largest absolute Gasteiger partial charge is 0.265 e. The summed E-state index contributed by atoms with van der Waals surface area (Å²) in [5.74, 6) is 0. The van der Waals surface area contributed by atoms with Crippen molar-refractivity contribution in [3.63, 3.8) is 0 Å². The summed E-state index contributed by atoms with van der Waals surface area (Å²) in [5, 5.41) is 7.39. The number of pyridine rings is 1. The minimum Gasteiger partial charge on any atom is -0.265 e. The molecule has 19 heavy (non-hydrogen) atoms. The third-order valence-corrected chi connectivity index (χ3v) is 4.33. The molecule has 0 radical (unpaired) electrons. The summed E-state index contributed by atoms with van der Waals surface area (Å²) in [4.78, 5) is 3.91. The zero-order valence-electron chi connectivity index (χ0n) is 10.7. The van der Waals surface area contributed by atoms with Gasteiger partial charge in [0.05, 0.1) is 29.4 Å². The highest BCUT2D eigenvalue weighted by Gasteiger charge is 2.15. The summed E-state index contributed by atoms with van der Waals surface area (Å²) in [7, 11) is -3.29. The van der Waals surface area contributed by atoms with Crippen molar-refractivity contribution in [2.45, 2.75) is 25.6 Å². The second-order valence-electron chi connectivity index (χ2n) is 4.27. The Morgan fingerprint density at radius 1 is 1.32 bits per heavy atom. The van der Waals surface area contributed by atoms with Crippen LogP contribution in [-0.2, 0) is 16.6 Å². The smallest absolute Gasteiger partial charge is 0.214 e. The summed E-state index contributed by atoms with van der Waals surface area (Å²) in [6.45, 7) is 3.37. The van der Waals surface area contributed by atoms with Gasteiger partial charge in [-0.3, -0.25) is 4.98 Å². The van der Waals surface area contributed by atoms with E-state index in [1.54, 1.807) is 49.3 Å². The topological polar surface area (TPSA) is 89.8 Å². The van der Waals surface area contributed by atoms with Gasteiger partial charge >= 0.3 is 0 Å². The van der Waals surface area contributed by atoms with Gasteiger partial charge in [-0.05, 0) is 26.0 Å². The first-order valence-electron chi connectivity index (χ1n) is 5.79. The number of nitrogens with zero attached hydrogens (tertiary/aromatic N) is 4. The molecule has 0 atom stereocenters. The molecule has 0 aliphatic carbocycles. The number of rotatable bonds is 5. The third-order valence-electron chi connectivity index (χ3n) is 2.54. The molecule has 0 saturated heterocycles. The average molecular weight is 281 g/mol. The van der Waals surface area contributed by atoms with Gasteiger partial charge in [0.15, 0.2) is 0 Å². The monoisotopic (exact) mass is 281 g/mol. The SMILES string of the molecule is CC(C)S(=O)(=O)NCc1cn(-c2ccncc2)nn1. The first-order chi connectivity index (χ1) is 8.99. The first-order valence-corrected chi connectivity index (χ1v) is 7.34. The van der Waals surface area contributed by atoms with E-state index in [2.05, 4.69) is 20.0 Å². The molecule has 7 nitrogen and oxygen atoms in total. The van der Waals surface area contributed by atoms with Crippen LogP contribution in [0, 0.1) is 0 Å². The Labute approximate surface area is 111 Å². The minimum absolute atomic E-state index is 0.131. The molecular weight excluding hydrogens is 266 g/mol. The van der Waals surface area contributed by atoms with Crippen molar-refractivity contribution in [1.29, 1.82) is 0 Å². The predicted molar refractivity (Wildman–Crippen MR) is 70.0 cm³/mol. The zero-order chi connectivity index (χ0) is 13.9. The summed E-state index contributed by atoms with van der Waals surface area (Å²) < 4.78 is 27.3. The Balaban J connectivity index is 2.07. The van der Waals surface area contributed by atoms with Crippen LogP contribution in [-0.4, -0.2) is 33.6 Å². The number of hydrogen-bond donors (Lipinski definition) is 1. The number of nitrogens with one attached hydrogen (secondary N) is 1. The number of hydrogen-bond acceptors (Lipinski definition) is 5. The van der Waals surface area contributed by atoms with Crippen LogP contribution in [0.4, 0.5) is 0 Å². The van der Waals surface area contributed by atoms with Gasteiger partial charge in [-0.25, -0.2) is 17.8 Å². The van der Waals surface area contributed by atoms with Crippen molar-refractivity contribution in [1.82, 2.24) is 24.7 Å². The molecule has 8 heteroatoms. The standard InChI is InChI=1S/C11H15N5O2S/c1-9(2)19(17,18)13-7-10-8-16(15-14-10)11-3-5-12-6-4-11/h3-6,8-9,13H,7H2,1-2H3. The Bertz CT molecular complexity index is 636. The molecule has 0 aliphatic rings. The van der Waals surface area contributed by atoms with E-state index in [4.69, 9.17) is 0 Å². The molecule has 0 saturated carbocycles. The van der Waals surface area contributed by atoms with E-state index < -0.39 is 15.3 Å². The van der Waals surface area contributed by atoms with Gasteiger partial charge < -0.3 is 0 Å². The molecule has 0 aliphatic heterocycles. The lowest BCUT2D eigenvalue weighted by Crippen LogP contribution is -2.30. The number of sulfonamides is 1. The van der Waals surface area contributed by atoms with Crippen molar-refractivity contribution in [3.05, 3.63) is 36.4 Å². The van der Waals surface area contributed by atoms with Gasteiger partial charge in [0.25, 0.3) is 0 Å². The molecule has 0 bridgehead atoms. The third kappa shape index (κ3) is 3.36. The summed E-state index contributed by atoms with van der Waals surface area (Å²) in [6.07, 6.45) is 4.98. The van der Waals surface area contributed by atoms with Crippen molar-refractivity contribution in [3.8, 4) is 5.69 Å². The van der Waals surface area contributed by atoms with Crippen LogP contribution in [0.1, 0.15) is 19.5 Å². The first kappa shape index (κ1) is 13.6. The second-order valence-corrected chi connectivity index (χ2v) is 6.60. The maximum Gasteiger partial charge on any atom is 0.214 e. The fourth-order valence-electron chi connectivity index (χ4n) is 1.34. The summed E-state index contributed by atoms with van der Waals surface area (Å²) >= 11 is 0. The Morgan fingerprint density at radius 3 is 2.63 bits per heavy atom. The average Bonchev–Trinajstić information content (AvgIpc) is 2.86. The molecular formula is C11H15N5O2S. The van der Waals surface area contributed by atoms with Gasteiger partial charge in [-0.15, -0.1) is 5.10 Å². The molecule has 0 amide bonds.